The van der Waals surface area contributed by atoms with Crippen LogP contribution in [0.3, 0.4) is 0 Å². The van der Waals surface area contributed by atoms with E-state index >= 15 is 0 Å². The molecule has 30 heavy (non-hydrogen) atoms. The van der Waals surface area contributed by atoms with Gasteiger partial charge in [0.15, 0.2) is 4.34 Å². The van der Waals surface area contributed by atoms with E-state index in [0.29, 0.717) is 17.1 Å². The maximum Gasteiger partial charge on any atom is 0.352 e. The number of aromatic nitrogens is 2. The van der Waals surface area contributed by atoms with Gasteiger partial charge in [-0.05, 0) is 30.7 Å². The molecule has 2 aliphatic rings. The number of carbonyl (C=O) groups is 3. The Morgan fingerprint density at radius 1 is 1.40 bits per heavy atom. The molecular weight excluding hydrogens is 451 g/mol. The van der Waals surface area contributed by atoms with E-state index in [0.717, 1.165) is 15.4 Å². The second-order valence-electron chi connectivity index (χ2n) is 6.50. The van der Waals surface area contributed by atoms with Crippen molar-refractivity contribution in [1.82, 2.24) is 20.4 Å². The third-order valence-electron chi connectivity index (χ3n) is 4.50. The fourth-order valence-corrected chi connectivity index (χ4v) is 6.43. The Morgan fingerprint density at radius 3 is 2.87 bits per heavy atom. The normalized spacial score (nSPS) is 20.6. The zero-order valence-corrected chi connectivity index (χ0v) is 17.9. The van der Waals surface area contributed by atoms with Crippen molar-refractivity contribution in [3.8, 4) is 0 Å². The molecule has 2 atom stereocenters. The molecule has 2 amide bonds. The van der Waals surface area contributed by atoms with Crippen LogP contribution in [-0.2, 0) is 9.59 Å². The van der Waals surface area contributed by atoms with Crippen molar-refractivity contribution in [1.29, 1.82) is 0 Å². The van der Waals surface area contributed by atoms with Gasteiger partial charge in [-0.3, -0.25) is 14.5 Å². The lowest BCUT2D eigenvalue weighted by Gasteiger charge is -2.49. The Balaban J connectivity index is 1.48. The highest BCUT2D eigenvalue weighted by molar-refractivity contribution is 8.01. The average molecular weight is 467 g/mol. The Labute approximate surface area is 182 Å². The van der Waals surface area contributed by atoms with Gasteiger partial charge in [0.05, 0.1) is 0 Å². The molecular formula is C18H15FN4O4S3. The Morgan fingerprint density at radius 2 is 2.20 bits per heavy atom. The van der Waals surface area contributed by atoms with Crippen LogP contribution in [0.5, 0.6) is 0 Å². The zero-order chi connectivity index (χ0) is 21.4. The van der Waals surface area contributed by atoms with Gasteiger partial charge < -0.3 is 10.4 Å². The van der Waals surface area contributed by atoms with E-state index in [1.165, 1.54) is 58.0 Å². The van der Waals surface area contributed by atoms with Crippen molar-refractivity contribution in [2.45, 2.75) is 22.7 Å². The number of β-lactam (4-membered cyclic amide) rings is 1. The monoisotopic (exact) mass is 466 g/mol. The molecule has 4 rings (SSSR count). The van der Waals surface area contributed by atoms with Gasteiger partial charge in [-0.1, -0.05) is 29.2 Å². The van der Waals surface area contributed by atoms with Crippen molar-refractivity contribution in [3.63, 3.8) is 0 Å². The molecule has 1 aromatic carbocycles. The van der Waals surface area contributed by atoms with Crippen LogP contribution in [0, 0.1) is 12.7 Å². The fraction of sp³-hybridized carbons (Fsp3) is 0.278. The molecule has 0 saturated carbocycles. The summed E-state index contributed by atoms with van der Waals surface area (Å²) in [6.07, 6.45) is 0. The molecule has 3 heterocycles. The predicted octanol–water partition coefficient (Wildman–Crippen LogP) is 2.13. The van der Waals surface area contributed by atoms with Gasteiger partial charge in [0.1, 0.15) is 27.9 Å². The molecule has 0 bridgehead atoms. The highest BCUT2D eigenvalue weighted by Gasteiger charge is 2.54. The first-order chi connectivity index (χ1) is 14.3. The molecule has 1 saturated heterocycles. The van der Waals surface area contributed by atoms with Crippen molar-refractivity contribution >= 4 is 52.6 Å². The molecule has 1 aromatic heterocycles. The van der Waals surface area contributed by atoms with Gasteiger partial charge in [0.2, 0.25) is 0 Å². The topological polar surface area (TPSA) is 112 Å². The first-order valence-electron chi connectivity index (χ1n) is 8.74. The number of carboxylic acids is 1. The van der Waals surface area contributed by atoms with Crippen molar-refractivity contribution in [2.75, 3.05) is 11.5 Å². The number of fused-ring (bicyclic) bond motifs is 1. The third kappa shape index (κ3) is 3.94. The molecule has 156 valence electrons. The number of rotatable bonds is 6. The number of aliphatic carboxylic acids is 1. The Hall–Kier alpha value is -2.44. The van der Waals surface area contributed by atoms with E-state index in [1.54, 1.807) is 0 Å². The largest absolute Gasteiger partial charge is 0.477 e. The molecule has 0 spiro atoms. The quantitative estimate of drug-likeness (QED) is 0.492. The van der Waals surface area contributed by atoms with E-state index in [1.807, 2.05) is 6.92 Å². The fourth-order valence-electron chi connectivity index (χ4n) is 3.13. The Kier molecular flexibility index (Phi) is 5.80. The lowest BCUT2D eigenvalue weighted by Crippen LogP contribution is -2.70. The lowest BCUT2D eigenvalue weighted by molar-refractivity contribution is -0.148. The minimum atomic E-state index is -1.19. The maximum atomic E-state index is 13.3. The second kappa shape index (κ2) is 8.36. The summed E-state index contributed by atoms with van der Waals surface area (Å²) < 4.78 is 14.1. The maximum absolute atomic E-state index is 13.3. The lowest BCUT2D eigenvalue weighted by atomic mass is 10.0. The minimum Gasteiger partial charge on any atom is -0.477 e. The first kappa shape index (κ1) is 20.8. The molecule has 12 heteroatoms. The molecule has 0 radical (unpaired) electrons. The van der Waals surface area contributed by atoms with Crippen LogP contribution < -0.4 is 5.32 Å². The number of halogens is 1. The van der Waals surface area contributed by atoms with Gasteiger partial charge in [0.25, 0.3) is 11.8 Å². The van der Waals surface area contributed by atoms with E-state index in [2.05, 4.69) is 15.5 Å². The molecule has 2 aliphatic heterocycles. The molecule has 0 unspecified atom stereocenters. The second-order valence-corrected chi connectivity index (χ2v) is 10.0. The molecule has 2 aromatic rings. The number of hydrogen-bond donors (Lipinski definition) is 2. The van der Waals surface area contributed by atoms with Crippen LogP contribution >= 0.6 is 34.9 Å². The summed E-state index contributed by atoms with van der Waals surface area (Å²) in [4.78, 5) is 38.1. The third-order valence-corrected chi connectivity index (χ3v) is 7.90. The Bertz CT molecular complexity index is 1070. The number of thioether (sulfide) groups is 2. The van der Waals surface area contributed by atoms with Gasteiger partial charge in [-0.25, -0.2) is 9.18 Å². The van der Waals surface area contributed by atoms with Gasteiger partial charge in [-0.15, -0.1) is 22.0 Å². The SMILES string of the molecule is Cc1nnc(SCC2=C(C(=O)O)N3C(=O)[C@@H](NC(=O)c4cccc(F)c4)[C@H]3SC2)s1. The van der Waals surface area contributed by atoms with Gasteiger partial charge >= 0.3 is 5.97 Å². The molecule has 0 aliphatic carbocycles. The van der Waals surface area contributed by atoms with Crippen molar-refractivity contribution in [3.05, 3.63) is 51.9 Å². The number of nitrogens with one attached hydrogen (secondary N) is 1. The summed E-state index contributed by atoms with van der Waals surface area (Å²) in [6, 6.07) is 4.29. The van der Waals surface area contributed by atoms with Crippen LogP contribution in [-0.4, -0.2) is 60.9 Å². The van der Waals surface area contributed by atoms with Crippen LogP contribution in [0.15, 0.2) is 39.9 Å². The highest BCUT2D eigenvalue weighted by atomic mass is 32.2. The molecule has 2 N–H and O–H groups in total. The van der Waals surface area contributed by atoms with Gasteiger partial charge in [0, 0.05) is 17.1 Å². The molecule has 1 fully saturated rings. The number of carbonyl (C=O) groups excluding carboxylic acids is 2. The summed E-state index contributed by atoms with van der Waals surface area (Å²) in [5, 5.41) is 20.5. The number of hydrogen-bond acceptors (Lipinski definition) is 8. The van der Waals surface area contributed by atoms with E-state index < -0.39 is 35.0 Å². The van der Waals surface area contributed by atoms with Crippen LogP contribution in [0.4, 0.5) is 4.39 Å². The highest BCUT2D eigenvalue weighted by Crippen LogP contribution is 2.41. The van der Waals surface area contributed by atoms with E-state index in [9.17, 15) is 23.9 Å². The van der Waals surface area contributed by atoms with E-state index in [-0.39, 0.29) is 11.3 Å². The zero-order valence-electron chi connectivity index (χ0n) is 15.5. The van der Waals surface area contributed by atoms with Crippen molar-refractivity contribution < 1.29 is 23.9 Å². The summed E-state index contributed by atoms with van der Waals surface area (Å²) in [6.45, 7) is 1.84. The number of amides is 2. The summed E-state index contributed by atoms with van der Waals surface area (Å²) in [5.74, 6) is -2.04. The summed E-state index contributed by atoms with van der Waals surface area (Å²) in [5.41, 5.74) is 0.666. The van der Waals surface area contributed by atoms with Crippen LogP contribution in [0.2, 0.25) is 0 Å². The average Bonchev–Trinajstić information content (AvgIpc) is 3.14. The standard InChI is InChI=1S/C18H15FN4O4S3/c1-8-21-22-18(30-8)29-7-10-6-28-16-12(15(25)23(16)13(10)17(26)27)20-14(24)9-3-2-4-11(19)5-9/h2-5,12,16H,6-7H2,1H3,(H,20,24)(H,26,27)/t12-,16-/m1/s1. The number of benzene rings is 1. The van der Waals surface area contributed by atoms with Gasteiger partial charge in [-0.2, -0.15) is 0 Å². The van der Waals surface area contributed by atoms with E-state index in [4.69, 9.17) is 0 Å². The number of carboxylic acid groups (broad SMARTS) is 1. The smallest absolute Gasteiger partial charge is 0.352 e. The summed E-state index contributed by atoms with van der Waals surface area (Å²) in [7, 11) is 0. The summed E-state index contributed by atoms with van der Waals surface area (Å²) >= 11 is 4.18. The molecule has 8 nitrogen and oxygen atoms in total. The minimum absolute atomic E-state index is 0.0475. The van der Waals surface area contributed by atoms with Crippen molar-refractivity contribution in [2.24, 2.45) is 0 Å². The van der Waals surface area contributed by atoms with Crippen LogP contribution in [0.1, 0.15) is 15.4 Å². The first-order valence-corrected chi connectivity index (χ1v) is 11.6. The van der Waals surface area contributed by atoms with Crippen LogP contribution in [0.25, 0.3) is 0 Å². The predicted molar refractivity (Wildman–Crippen MR) is 111 cm³/mol. The number of nitrogens with zero attached hydrogens (tertiary/aromatic N) is 3. The number of aryl methyl sites for hydroxylation is 1.